The molecule has 0 N–H and O–H groups in total. The van der Waals surface area contributed by atoms with Crippen LogP contribution in [0.15, 0.2) is 47.6 Å². The number of esters is 1. The van der Waals surface area contributed by atoms with Gasteiger partial charge in [-0.1, -0.05) is 18.5 Å². The van der Waals surface area contributed by atoms with Crippen LogP contribution in [-0.2, 0) is 24.3 Å². The van der Waals surface area contributed by atoms with Crippen molar-refractivity contribution in [2.75, 3.05) is 50.8 Å². The third kappa shape index (κ3) is 5.90. The SMILES string of the molecule is CCC(=O)OC1(CN2CCN(S(=O)(=O)C3=Cc4ccc(Cl)cc4OC3)CC2=O)CCN(c2ccncc2)CC1. The predicted octanol–water partition coefficient (Wildman–Crippen LogP) is 2.93. The van der Waals surface area contributed by atoms with Gasteiger partial charge >= 0.3 is 5.97 Å². The number of hydrogen-bond donors (Lipinski definition) is 0. The van der Waals surface area contributed by atoms with Crippen molar-refractivity contribution in [3.63, 3.8) is 0 Å². The highest BCUT2D eigenvalue weighted by Gasteiger charge is 2.43. The van der Waals surface area contributed by atoms with Gasteiger partial charge in [-0.15, -0.1) is 0 Å². The largest absolute Gasteiger partial charge is 0.487 e. The predicted molar refractivity (Wildman–Crippen MR) is 147 cm³/mol. The lowest BCUT2D eigenvalue weighted by molar-refractivity contribution is -0.167. The van der Waals surface area contributed by atoms with E-state index < -0.39 is 15.6 Å². The van der Waals surface area contributed by atoms with Gasteiger partial charge in [0, 0.05) is 74.1 Å². The first kappa shape index (κ1) is 27.4. The van der Waals surface area contributed by atoms with Crippen LogP contribution in [0.5, 0.6) is 5.75 Å². The number of benzene rings is 1. The molecule has 3 aliphatic heterocycles. The Morgan fingerprint density at radius 1 is 1.13 bits per heavy atom. The summed E-state index contributed by atoms with van der Waals surface area (Å²) >= 11 is 6.00. The number of rotatable bonds is 7. The third-order valence-electron chi connectivity index (χ3n) is 7.42. The van der Waals surface area contributed by atoms with Gasteiger partial charge in [-0.3, -0.25) is 14.6 Å². The van der Waals surface area contributed by atoms with Crippen LogP contribution in [0.25, 0.3) is 6.08 Å². The Kier molecular flexibility index (Phi) is 7.84. The maximum absolute atomic E-state index is 13.4. The van der Waals surface area contributed by atoms with Crippen molar-refractivity contribution in [3.8, 4) is 5.75 Å². The molecule has 2 saturated heterocycles. The van der Waals surface area contributed by atoms with Gasteiger partial charge in [0.05, 0.1) is 18.0 Å². The molecule has 10 nitrogen and oxygen atoms in total. The van der Waals surface area contributed by atoms with Gasteiger partial charge in [0.15, 0.2) is 0 Å². The summed E-state index contributed by atoms with van der Waals surface area (Å²) in [7, 11) is -3.91. The Morgan fingerprint density at radius 3 is 2.56 bits per heavy atom. The van der Waals surface area contributed by atoms with Crippen molar-refractivity contribution in [1.29, 1.82) is 0 Å². The van der Waals surface area contributed by atoms with E-state index >= 15 is 0 Å². The van der Waals surface area contributed by atoms with E-state index in [4.69, 9.17) is 21.1 Å². The maximum Gasteiger partial charge on any atom is 0.306 e. The third-order valence-corrected chi connectivity index (χ3v) is 9.54. The van der Waals surface area contributed by atoms with Crippen molar-refractivity contribution in [2.45, 2.75) is 31.8 Å². The number of aromatic nitrogens is 1. The molecular weight excluding hydrogens is 544 g/mol. The number of halogens is 1. The van der Waals surface area contributed by atoms with Crippen LogP contribution < -0.4 is 9.64 Å². The van der Waals surface area contributed by atoms with Gasteiger partial charge in [0.25, 0.3) is 0 Å². The number of sulfonamides is 1. The topological polar surface area (TPSA) is 109 Å². The van der Waals surface area contributed by atoms with E-state index in [1.807, 2.05) is 12.1 Å². The van der Waals surface area contributed by atoms with Crippen molar-refractivity contribution in [2.24, 2.45) is 0 Å². The Balaban J connectivity index is 1.26. The van der Waals surface area contributed by atoms with Gasteiger partial charge < -0.3 is 19.3 Å². The Hall–Kier alpha value is -3.15. The van der Waals surface area contributed by atoms with Crippen LogP contribution in [0.1, 0.15) is 31.7 Å². The summed E-state index contributed by atoms with van der Waals surface area (Å²) in [5.74, 6) is -0.117. The van der Waals surface area contributed by atoms with Crippen molar-refractivity contribution in [1.82, 2.24) is 14.2 Å². The van der Waals surface area contributed by atoms with Crippen LogP contribution in [0.2, 0.25) is 5.02 Å². The number of piperazine rings is 1. The number of fused-ring (bicyclic) bond motifs is 1. The fourth-order valence-corrected chi connectivity index (χ4v) is 6.75. The first-order chi connectivity index (χ1) is 18.7. The van der Waals surface area contributed by atoms with Crippen LogP contribution >= 0.6 is 11.6 Å². The molecule has 1 amide bonds. The number of ether oxygens (including phenoxy) is 2. The van der Waals surface area contributed by atoms with Crippen LogP contribution in [0, 0.1) is 0 Å². The lowest BCUT2D eigenvalue weighted by Gasteiger charge is -2.45. The van der Waals surface area contributed by atoms with E-state index in [2.05, 4.69) is 9.88 Å². The number of nitrogens with zero attached hydrogens (tertiary/aromatic N) is 4. The summed E-state index contributed by atoms with van der Waals surface area (Å²) in [6.07, 6.45) is 6.40. The molecule has 3 aliphatic rings. The zero-order valence-electron chi connectivity index (χ0n) is 21.7. The summed E-state index contributed by atoms with van der Waals surface area (Å²) < 4.78 is 39.5. The molecule has 1 aromatic heterocycles. The quantitative estimate of drug-likeness (QED) is 0.464. The van der Waals surface area contributed by atoms with E-state index in [-0.39, 0.29) is 56.0 Å². The molecule has 0 aliphatic carbocycles. The molecule has 39 heavy (non-hydrogen) atoms. The lowest BCUT2D eigenvalue weighted by atomic mass is 9.89. The maximum atomic E-state index is 13.4. The number of carbonyl (C=O) groups excluding carboxylic acids is 2. The second-order valence-electron chi connectivity index (χ2n) is 9.94. The number of piperidine rings is 1. The molecule has 0 saturated carbocycles. The van der Waals surface area contributed by atoms with Crippen LogP contribution in [0.4, 0.5) is 5.69 Å². The Bertz CT molecular complexity index is 1380. The van der Waals surface area contributed by atoms with Gasteiger partial charge in [-0.05, 0) is 36.4 Å². The second kappa shape index (κ2) is 11.1. The molecule has 0 spiro atoms. The highest BCUT2D eigenvalue weighted by molar-refractivity contribution is 7.93. The van der Waals surface area contributed by atoms with Gasteiger partial charge in [-0.2, -0.15) is 4.31 Å². The van der Waals surface area contributed by atoms with Crippen LogP contribution in [-0.4, -0.2) is 86.0 Å². The van der Waals surface area contributed by atoms with E-state index in [0.29, 0.717) is 42.3 Å². The summed E-state index contributed by atoms with van der Waals surface area (Å²) in [6, 6.07) is 8.89. The fourth-order valence-electron chi connectivity index (χ4n) is 5.17. The molecule has 0 unspecified atom stereocenters. The molecule has 5 rings (SSSR count). The van der Waals surface area contributed by atoms with Gasteiger partial charge in [-0.25, -0.2) is 8.42 Å². The Labute approximate surface area is 233 Å². The number of anilines is 1. The van der Waals surface area contributed by atoms with Gasteiger partial charge in [0.2, 0.25) is 15.9 Å². The molecule has 0 bridgehead atoms. The van der Waals surface area contributed by atoms with E-state index in [0.717, 1.165) is 5.69 Å². The van der Waals surface area contributed by atoms with Gasteiger partial charge in [0.1, 0.15) is 18.0 Å². The molecule has 4 heterocycles. The molecule has 2 aromatic rings. The number of pyridine rings is 1. The molecular formula is C27H31ClN4O6S. The number of amides is 1. The molecule has 1 aromatic carbocycles. The zero-order valence-corrected chi connectivity index (χ0v) is 23.3. The van der Waals surface area contributed by atoms with E-state index in [1.54, 1.807) is 48.5 Å². The zero-order chi connectivity index (χ0) is 27.6. The summed E-state index contributed by atoms with van der Waals surface area (Å²) in [5, 5.41) is 0.501. The molecule has 208 valence electrons. The normalized spacial score (nSPS) is 19.6. The minimum absolute atomic E-state index is 0.0930. The first-order valence-electron chi connectivity index (χ1n) is 13.0. The summed E-state index contributed by atoms with van der Waals surface area (Å²) in [6.45, 7) is 3.22. The molecule has 0 radical (unpaired) electrons. The van der Waals surface area contributed by atoms with E-state index in [9.17, 15) is 18.0 Å². The molecule has 2 fully saturated rings. The minimum Gasteiger partial charge on any atom is -0.487 e. The Morgan fingerprint density at radius 2 is 1.87 bits per heavy atom. The average molecular weight is 575 g/mol. The number of carbonyl (C=O) groups is 2. The average Bonchev–Trinajstić information content (AvgIpc) is 2.94. The smallest absolute Gasteiger partial charge is 0.306 e. The van der Waals surface area contributed by atoms with Crippen molar-refractivity contribution >= 4 is 45.3 Å². The lowest BCUT2D eigenvalue weighted by Crippen LogP contribution is -2.59. The summed E-state index contributed by atoms with van der Waals surface area (Å²) in [5.41, 5.74) is 0.840. The summed E-state index contributed by atoms with van der Waals surface area (Å²) in [4.78, 5) is 33.6. The highest BCUT2D eigenvalue weighted by Crippen LogP contribution is 2.34. The second-order valence-corrected chi connectivity index (χ2v) is 12.4. The number of hydrogen-bond acceptors (Lipinski definition) is 8. The monoisotopic (exact) mass is 574 g/mol. The van der Waals surface area contributed by atoms with Crippen LogP contribution in [0.3, 0.4) is 0 Å². The minimum atomic E-state index is -3.91. The first-order valence-corrected chi connectivity index (χ1v) is 14.8. The molecule has 0 atom stereocenters. The van der Waals surface area contributed by atoms with Crippen molar-refractivity contribution in [3.05, 3.63) is 58.2 Å². The highest BCUT2D eigenvalue weighted by atomic mass is 35.5. The van der Waals surface area contributed by atoms with Crippen molar-refractivity contribution < 1.29 is 27.5 Å². The standard InChI is InChI=1S/C27H31ClN4O6S/c1-2-26(34)38-27(7-11-30(12-8-27)22-5-9-29-10-6-22)19-31-13-14-32(17-25(31)33)39(35,36)23-15-20-3-4-21(28)16-24(20)37-18-23/h3-6,9-10,15-16H,2,7-8,11-14,17-19H2,1H3. The fraction of sp³-hybridized carbons (Fsp3) is 0.444. The van der Waals surface area contributed by atoms with E-state index in [1.165, 1.54) is 4.31 Å². The molecule has 12 heteroatoms.